The number of anilines is 1. The van der Waals surface area contributed by atoms with Crippen molar-refractivity contribution in [2.75, 3.05) is 5.73 Å². The monoisotopic (exact) mass is 336 g/mol. The van der Waals surface area contributed by atoms with E-state index in [0.29, 0.717) is 0 Å². The van der Waals surface area contributed by atoms with Crippen molar-refractivity contribution in [3.05, 3.63) is 22.4 Å². The fraction of sp³-hybridized carbons (Fsp3) is 0.455. The van der Waals surface area contributed by atoms with Crippen LogP contribution in [0.4, 0.5) is 10.1 Å². The summed E-state index contributed by atoms with van der Waals surface area (Å²) < 4.78 is 40.7. The van der Waals surface area contributed by atoms with E-state index in [1.54, 1.807) is 0 Å². The van der Waals surface area contributed by atoms with Crippen LogP contribution in [0.15, 0.2) is 21.5 Å². The van der Waals surface area contributed by atoms with Crippen LogP contribution in [-0.4, -0.2) is 14.0 Å². The Morgan fingerprint density at radius 1 is 1.44 bits per heavy atom. The highest BCUT2D eigenvalue weighted by molar-refractivity contribution is 9.10. The van der Waals surface area contributed by atoms with Gasteiger partial charge in [-0.2, -0.15) is 0 Å². The van der Waals surface area contributed by atoms with Crippen LogP contribution in [0.5, 0.6) is 0 Å². The second-order valence-electron chi connectivity index (χ2n) is 4.83. The molecule has 0 atom stereocenters. The lowest BCUT2D eigenvalue weighted by atomic mass is 9.80. The maximum atomic E-state index is 13.9. The third-order valence-electron chi connectivity index (χ3n) is 3.14. The third kappa shape index (κ3) is 2.53. The molecule has 1 aliphatic rings. The third-order valence-corrected chi connectivity index (χ3v) is 5.36. The molecule has 1 aliphatic carbocycles. The average Bonchev–Trinajstić information content (AvgIpc) is 2.20. The van der Waals surface area contributed by atoms with Gasteiger partial charge in [-0.05, 0) is 54.2 Å². The van der Waals surface area contributed by atoms with Gasteiger partial charge in [-0.1, -0.05) is 0 Å². The van der Waals surface area contributed by atoms with Crippen molar-refractivity contribution in [3.63, 3.8) is 0 Å². The summed E-state index contributed by atoms with van der Waals surface area (Å²) in [6, 6.07) is 2.46. The topological polar surface area (TPSA) is 72.2 Å². The zero-order chi connectivity index (χ0) is 13.6. The molecule has 3 N–H and O–H groups in total. The first-order valence-electron chi connectivity index (χ1n) is 5.52. The lowest BCUT2D eigenvalue weighted by Gasteiger charge is -2.38. The molecule has 0 heterocycles. The fourth-order valence-electron chi connectivity index (χ4n) is 1.97. The van der Waals surface area contributed by atoms with E-state index >= 15 is 0 Å². The molecule has 4 nitrogen and oxygen atoms in total. The first kappa shape index (κ1) is 13.8. The molecule has 100 valence electrons. The van der Waals surface area contributed by atoms with Crippen LogP contribution in [0.3, 0.4) is 0 Å². The number of hydrogen-bond donors (Lipinski definition) is 2. The number of benzene rings is 1. The van der Waals surface area contributed by atoms with Crippen molar-refractivity contribution in [1.82, 2.24) is 4.72 Å². The minimum Gasteiger partial charge on any atom is -0.399 e. The normalized spacial score (nSPS) is 18.4. The van der Waals surface area contributed by atoms with E-state index in [1.807, 2.05) is 6.92 Å². The summed E-state index contributed by atoms with van der Waals surface area (Å²) in [5, 5.41) is 0. The minimum absolute atomic E-state index is 0.0432. The quantitative estimate of drug-likeness (QED) is 0.832. The number of nitrogens with one attached hydrogen (secondary N) is 1. The van der Waals surface area contributed by atoms with Crippen LogP contribution < -0.4 is 10.5 Å². The van der Waals surface area contributed by atoms with Crippen molar-refractivity contribution in [2.24, 2.45) is 0 Å². The number of hydrogen-bond acceptors (Lipinski definition) is 3. The summed E-state index contributed by atoms with van der Waals surface area (Å²) in [6.45, 7) is 1.81. The standard InChI is InChI=1S/C11H14BrFN2O2S/c1-11(3-2-4-11)15-18(16,17)9-6-7(14)5-8(12)10(9)13/h5-6,15H,2-4,14H2,1H3. The maximum absolute atomic E-state index is 13.9. The first-order valence-corrected chi connectivity index (χ1v) is 7.80. The van der Waals surface area contributed by atoms with Gasteiger partial charge in [-0.25, -0.2) is 17.5 Å². The van der Waals surface area contributed by atoms with Crippen LogP contribution in [0.25, 0.3) is 0 Å². The fourth-order valence-corrected chi connectivity index (χ4v) is 4.18. The Morgan fingerprint density at radius 2 is 2.06 bits per heavy atom. The molecular weight excluding hydrogens is 323 g/mol. The zero-order valence-electron chi connectivity index (χ0n) is 9.83. The number of sulfonamides is 1. The van der Waals surface area contributed by atoms with Crippen LogP contribution in [0, 0.1) is 5.82 Å². The summed E-state index contributed by atoms with van der Waals surface area (Å²) in [4.78, 5) is -0.414. The highest BCUT2D eigenvalue weighted by Gasteiger charge is 2.37. The predicted molar refractivity (Wildman–Crippen MR) is 71.1 cm³/mol. The van der Waals surface area contributed by atoms with Gasteiger partial charge in [0.25, 0.3) is 0 Å². The van der Waals surface area contributed by atoms with E-state index in [9.17, 15) is 12.8 Å². The van der Waals surface area contributed by atoms with E-state index in [2.05, 4.69) is 20.7 Å². The second kappa shape index (κ2) is 4.47. The van der Waals surface area contributed by atoms with E-state index in [4.69, 9.17) is 5.73 Å². The summed E-state index contributed by atoms with van der Waals surface area (Å²) in [5.74, 6) is -0.820. The van der Waals surface area contributed by atoms with E-state index in [-0.39, 0.29) is 10.2 Å². The molecule has 0 aromatic heterocycles. The smallest absolute Gasteiger partial charge is 0.244 e. The van der Waals surface area contributed by atoms with E-state index < -0.39 is 26.3 Å². The molecule has 1 fully saturated rings. The molecular formula is C11H14BrFN2O2S. The van der Waals surface area contributed by atoms with Gasteiger partial charge in [-0.15, -0.1) is 0 Å². The lowest BCUT2D eigenvalue weighted by molar-refractivity contribution is 0.247. The second-order valence-corrected chi connectivity index (χ2v) is 7.34. The van der Waals surface area contributed by atoms with Crippen LogP contribution in [0.1, 0.15) is 26.2 Å². The zero-order valence-corrected chi connectivity index (χ0v) is 12.2. The molecule has 1 saturated carbocycles. The van der Waals surface area contributed by atoms with E-state index in [1.165, 1.54) is 6.07 Å². The van der Waals surface area contributed by atoms with Crippen LogP contribution in [-0.2, 0) is 10.0 Å². The van der Waals surface area contributed by atoms with Crippen molar-refractivity contribution < 1.29 is 12.8 Å². The highest BCUT2D eigenvalue weighted by atomic mass is 79.9. The molecule has 0 saturated heterocycles. The number of rotatable bonds is 3. The Kier molecular flexibility index (Phi) is 3.42. The molecule has 18 heavy (non-hydrogen) atoms. The molecule has 0 aliphatic heterocycles. The number of nitrogen functional groups attached to an aromatic ring is 1. The van der Waals surface area contributed by atoms with Crippen molar-refractivity contribution in [3.8, 4) is 0 Å². The number of halogens is 2. The lowest BCUT2D eigenvalue weighted by Crippen LogP contribution is -2.50. The van der Waals surface area contributed by atoms with Gasteiger partial charge < -0.3 is 5.73 Å². The molecule has 7 heteroatoms. The largest absolute Gasteiger partial charge is 0.399 e. The van der Waals surface area contributed by atoms with Gasteiger partial charge in [0.2, 0.25) is 10.0 Å². The van der Waals surface area contributed by atoms with Gasteiger partial charge in [-0.3, -0.25) is 0 Å². The Balaban J connectivity index is 2.41. The molecule has 0 unspecified atom stereocenters. The molecule has 2 rings (SSSR count). The maximum Gasteiger partial charge on any atom is 0.244 e. The molecule has 0 radical (unpaired) electrons. The number of nitrogens with two attached hydrogens (primary N) is 1. The predicted octanol–water partition coefficient (Wildman–Crippen LogP) is 2.39. The summed E-state index contributed by atoms with van der Waals surface area (Å²) in [5.41, 5.74) is 5.27. The molecule has 0 spiro atoms. The summed E-state index contributed by atoms with van der Waals surface area (Å²) in [6.07, 6.45) is 2.50. The van der Waals surface area contributed by atoms with Crippen LogP contribution in [0.2, 0.25) is 0 Å². The first-order chi connectivity index (χ1) is 8.23. The molecule has 1 aromatic carbocycles. The minimum atomic E-state index is -3.89. The Labute approximate surface area is 114 Å². The SMILES string of the molecule is CC1(NS(=O)(=O)c2cc(N)cc(Br)c2F)CCC1. The Hall–Kier alpha value is -0.660. The van der Waals surface area contributed by atoms with Gasteiger partial charge in [0.05, 0.1) is 4.47 Å². The van der Waals surface area contributed by atoms with Crippen molar-refractivity contribution >= 4 is 31.6 Å². The van der Waals surface area contributed by atoms with E-state index in [0.717, 1.165) is 25.3 Å². The van der Waals surface area contributed by atoms with Gasteiger partial charge in [0.1, 0.15) is 4.90 Å². The summed E-state index contributed by atoms with van der Waals surface area (Å²) >= 11 is 2.95. The van der Waals surface area contributed by atoms with Crippen molar-refractivity contribution in [2.45, 2.75) is 36.6 Å². The molecule has 1 aromatic rings. The highest BCUT2D eigenvalue weighted by Crippen LogP contribution is 2.34. The van der Waals surface area contributed by atoms with Gasteiger partial charge in [0.15, 0.2) is 5.82 Å². The Morgan fingerprint density at radius 3 is 2.56 bits per heavy atom. The average molecular weight is 337 g/mol. The summed E-state index contributed by atoms with van der Waals surface area (Å²) in [7, 11) is -3.89. The molecule has 0 bridgehead atoms. The van der Waals surface area contributed by atoms with Crippen molar-refractivity contribution in [1.29, 1.82) is 0 Å². The molecule has 0 amide bonds. The Bertz CT molecular complexity index is 585. The van der Waals surface area contributed by atoms with Crippen LogP contribution >= 0.6 is 15.9 Å². The van der Waals surface area contributed by atoms with Gasteiger partial charge in [0, 0.05) is 11.2 Å². The van der Waals surface area contributed by atoms with Gasteiger partial charge >= 0.3 is 0 Å².